The zero-order chi connectivity index (χ0) is 13.9. The molecule has 0 saturated carbocycles. The molecule has 3 rings (SSSR count). The molecule has 98 valence electrons. The van der Waals surface area contributed by atoms with Crippen LogP contribution in [0.3, 0.4) is 0 Å². The Morgan fingerprint density at radius 3 is 2.60 bits per heavy atom. The topological polar surface area (TPSA) is 46.2 Å². The van der Waals surface area contributed by atoms with Crippen molar-refractivity contribution < 1.29 is 9.15 Å². The second-order valence-corrected chi connectivity index (χ2v) is 4.54. The number of ether oxygens (including phenoxy) is 1. The lowest BCUT2D eigenvalue weighted by molar-refractivity contribution is 0.118. The zero-order valence-corrected chi connectivity index (χ0v) is 11.0. The highest BCUT2D eigenvalue weighted by atomic mass is 16.5. The third-order valence-electron chi connectivity index (χ3n) is 3.26. The highest BCUT2D eigenvalue weighted by Gasteiger charge is 2.17. The number of benzene rings is 2. The third kappa shape index (κ3) is 2.18. The summed E-state index contributed by atoms with van der Waals surface area (Å²) in [4.78, 5) is 0. The lowest BCUT2D eigenvalue weighted by Gasteiger charge is -2.12. The summed E-state index contributed by atoms with van der Waals surface area (Å²) in [7, 11) is 1.66. The van der Waals surface area contributed by atoms with Gasteiger partial charge in [-0.05, 0) is 29.8 Å². The number of furan rings is 1. The molecule has 0 fully saturated rings. The Balaban J connectivity index is 2.07. The minimum Gasteiger partial charge on any atom is -0.458 e. The van der Waals surface area contributed by atoms with Gasteiger partial charge in [0.05, 0.1) is 11.6 Å². The normalized spacial score (nSPS) is 12.2. The third-order valence-corrected chi connectivity index (χ3v) is 3.26. The average molecular weight is 263 g/mol. The van der Waals surface area contributed by atoms with Crippen molar-refractivity contribution in [1.82, 2.24) is 0 Å². The number of nitriles is 1. The van der Waals surface area contributed by atoms with Crippen molar-refractivity contribution in [2.24, 2.45) is 0 Å². The minimum absolute atomic E-state index is 0.242. The summed E-state index contributed by atoms with van der Waals surface area (Å²) in [6.07, 6.45) is -0.242. The minimum atomic E-state index is -0.242. The van der Waals surface area contributed by atoms with E-state index in [9.17, 15) is 0 Å². The van der Waals surface area contributed by atoms with Crippen LogP contribution in [0.5, 0.6) is 0 Å². The van der Waals surface area contributed by atoms with Crippen molar-refractivity contribution >= 4 is 11.0 Å². The number of methoxy groups -OCH3 is 1. The molecule has 0 aliphatic rings. The van der Waals surface area contributed by atoms with Crippen LogP contribution in [-0.4, -0.2) is 7.11 Å². The maximum atomic E-state index is 8.93. The molecule has 3 heteroatoms. The lowest BCUT2D eigenvalue weighted by atomic mass is 10.1. The van der Waals surface area contributed by atoms with Crippen LogP contribution in [0.4, 0.5) is 0 Å². The maximum absolute atomic E-state index is 8.93. The van der Waals surface area contributed by atoms with Gasteiger partial charge >= 0.3 is 0 Å². The van der Waals surface area contributed by atoms with Crippen molar-refractivity contribution in [2.45, 2.75) is 6.10 Å². The van der Waals surface area contributed by atoms with E-state index in [0.717, 1.165) is 22.3 Å². The monoisotopic (exact) mass is 263 g/mol. The summed E-state index contributed by atoms with van der Waals surface area (Å²) >= 11 is 0. The van der Waals surface area contributed by atoms with E-state index in [0.29, 0.717) is 5.56 Å². The van der Waals surface area contributed by atoms with Gasteiger partial charge in [0.2, 0.25) is 0 Å². The molecule has 0 amide bonds. The highest BCUT2D eigenvalue weighted by molar-refractivity contribution is 5.79. The predicted molar refractivity (Wildman–Crippen MR) is 76.2 cm³/mol. The van der Waals surface area contributed by atoms with E-state index < -0.39 is 0 Å². The fourth-order valence-electron chi connectivity index (χ4n) is 2.31. The van der Waals surface area contributed by atoms with E-state index in [1.165, 1.54) is 0 Å². The first-order valence-corrected chi connectivity index (χ1v) is 6.33. The van der Waals surface area contributed by atoms with Crippen LogP contribution >= 0.6 is 0 Å². The van der Waals surface area contributed by atoms with Gasteiger partial charge in [0.15, 0.2) is 0 Å². The Morgan fingerprint density at radius 2 is 1.90 bits per heavy atom. The summed E-state index contributed by atoms with van der Waals surface area (Å²) < 4.78 is 11.4. The second-order valence-electron chi connectivity index (χ2n) is 4.54. The van der Waals surface area contributed by atoms with Crippen LogP contribution in [-0.2, 0) is 4.74 Å². The number of hydrogen-bond acceptors (Lipinski definition) is 3. The molecular formula is C17H13NO2. The number of hydrogen-bond donors (Lipinski definition) is 0. The number of nitrogens with zero attached hydrogens (tertiary/aromatic N) is 1. The first-order valence-electron chi connectivity index (χ1n) is 6.33. The molecule has 1 unspecified atom stereocenters. The molecule has 0 N–H and O–H groups in total. The Kier molecular flexibility index (Phi) is 3.24. The molecular weight excluding hydrogens is 250 g/mol. The van der Waals surface area contributed by atoms with Crippen LogP contribution in [0.25, 0.3) is 11.0 Å². The van der Waals surface area contributed by atoms with Crippen LogP contribution in [0.1, 0.15) is 23.0 Å². The summed E-state index contributed by atoms with van der Waals surface area (Å²) in [5.74, 6) is 0.740. The predicted octanol–water partition coefficient (Wildman–Crippen LogP) is 4.04. The van der Waals surface area contributed by atoms with Gasteiger partial charge in [-0.3, -0.25) is 0 Å². The highest BCUT2D eigenvalue weighted by Crippen LogP contribution is 2.30. The second kappa shape index (κ2) is 5.20. The van der Waals surface area contributed by atoms with Gasteiger partial charge in [-0.25, -0.2) is 0 Å². The van der Waals surface area contributed by atoms with Crippen molar-refractivity contribution in [3.8, 4) is 6.07 Å². The smallest absolute Gasteiger partial charge is 0.140 e. The van der Waals surface area contributed by atoms with Crippen LogP contribution < -0.4 is 0 Å². The molecule has 0 bridgehead atoms. The number of rotatable bonds is 3. The SMILES string of the molecule is COC(c1ccccc1)c1cc2cc(C#N)ccc2o1. The molecule has 20 heavy (non-hydrogen) atoms. The molecule has 1 aromatic heterocycles. The average Bonchev–Trinajstić information content (AvgIpc) is 2.91. The van der Waals surface area contributed by atoms with Crippen molar-refractivity contribution in [3.63, 3.8) is 0 Å². The maximum Gasteiger partial charge on any atom is 0.140 e. The van der Waals surface area contributed by atoms with Crippen LogP contribution in [0, 0.1) is 11.3 Å². The summed E-state index contributed by atoms with van der Waals surface area (Å²) in [6, 6.07) is 19.4. The zero-order valence-electron chi connectivity index (χ0n) is 11.0. The van der Waals surface area contributed by atoms with Gasteiger partial charge < -0.3 is 9.15 Å². The van der Waals surface area contributed by atoms with Crippen molar-refractivity contribution in [1.29, 1.82) is 5.26 Å². The Hall–Kier alpha value is -2.57. The Labute approximate surface area is 117 Å². The molecule has 1 heterocycles. The van der Waals surface area contributed by atoms with E-state index in [2.05, 4.69) is 6.07 Å². The van der Waals surface area contributed by atoms with E-state index in [-0.39, 0.29) is 6.10 Å². The molecule has 0 aliphatic carbocycles. The number of fused-ring (bicyclic) bond motifs is 1. The Bertz CT molecular complexity index is 769. The van der Waals surface area contributed by atoms with Crippen LogP contribution in [0.15, 0.2) is 59.0 Å². The Morgan fingerprint density at radius 1 is 1.10 bits per heavy atom. The van der Waals surface area contributed by atoms with Gasteiger partial charge in [-0.2, -0.15) is 5.26 Å². The van der Waals surface area contributed by atoms with Gasteiger partial charge in [-0.15, -0.1) is 0 Å². The molecule has 2 aromatic carbocycles. The van der Waals surface area contributed by atoms with E-state index in [1.807, 2.05) is 48.5 Å². The summed E-state index contributed by atoms with van der Waals surface area (Å²) in [6.45, 7) is 0. The van der Waals surface area contributed by atoms with E-state index >= 15 is 0 Å². The fraction of sp³-hybridized carbons (Fsp3) is 0.118. The molecule has 0 saturated heterocycles. The molecule has 0 aliphatic heterocycles. The summed E-state index contributed by atoms with van der Waals surface area (Å²) in [5, 5.41) is 9.85. The summed E-state index contributed by atoms with van der Waals surface area (Å²) in [5.41, 5.74) is 2.42. The van der Waals surface area contributed by atoms with Gasteiger partial charge in [0, 0.05) is 12.5 Å². The molecule has 1 atom stereocenters. The molecule has 3 nitrogen and oxygen atoms in total. The first-order chi connectivity index (χ1) is 9.81. The van der Waals surface area contributed by atoms with Crippen LogP contribution in [0.2, 0.25) is 0 Å². The molecule has 3 aromatic rings. The van der Waals surface area contributed by atoms with Crippen molar-refractivity contribution in [3.05, 3.63) is 71.5 Å². The van der Waals surface area contributed by atoms with Gasteiger partial charge in [-0.1, -0.05) is 30.3 Å². The fourth-order valence-corrected chi connectivity index (χ4v) is 2.31. The van der Waals surface area contributed by atoms with E-state index in [4.69, 9.17) is 14.4 Å². The largest absolute Gasteiger partial charge is 0.458 e. The van der Waals surface area contributed by atoms with Gasteiger partial charge in [0.25, 0.3) is 0 Å². The lowest BCUT2D eigenvalue weighted by Crippen LogP contribution is -2.01. The first kappa shape index (κ1) is 12.5. The quantitative estimate of drug-likeness (QED) is 0.716. The molecule has 0 spiro atoms. The van der Waals surface area contributed by atoms with Crippen molar-refractivity contribution in [2.75, 3.05) is 7.11 Å². The standard InChI is InChI=1S/C17H13NO2/c1-19-17(13-5-3-2-4-6-13)16-10-14-9-12(11-18)7-8-15(14)20-16/h2-10,17H,1H3. The van der Waals surface area contributed by atoms with Gasteiger partial charge in [0.1, 0.15) is 17.4 Å². The molecule has 0 radical (unpaired) electrons. The van der Waals surface area contributed by atoms with E-state index in [1.54, 1.807) is 13.2 Å².